The van der Waals surface area contributed by atoms with Gasteiger partial charge in [0.15, 0.2) is 0 Å². The predicted molar refractivity (Wildman–Crippen MR) is 89.5 cm³/mol. The van der Waals surface area contributed by atoms with Crippen LogP contribution in [0.2, 0.25) is 0 Å². The van der Waals surface area contributed by atoms with Crippen LogP contribution in [0.4, 0.5) is 0 Å². The highest BCUT2D eigenvalue weighted by Gasteiger charge is 2.36. The van der Waals surface area contributed by atoms with Gasteiger partial charge in [0.05, 0.1) is 0 Å². The fourth-order valence-electron chi connectivity index (χ4n) is 4.11. The van der Waals surface area contributed by atoms with Crippen molar-refractivity contribution in [1.29, 1.82) is 0 Å². The van der Waals surface area contributed by atoms with E-state index in [4.69, 9.17) is 0 Å². The molecule has 1 saturated heterocycles. The molecule has 3 rings (SSSR count). The molecule has 2 aliphatic rings. The van der Waals surface area contributed by atoms with Crippen molar-refractivity contribution in [3.05, 3.63) is 35.4 Å². The molecule has 1 aliphatic carbocycles. The molecule has 1 spiro atoms. The Hall–Kier alpha value is -0.860. The van der Waals surface area contributed by atoms with Gasteiger partial charge in [0.2, 0.25) is 0 Å². The number of hydrogen-bond donors (Lipinski definition) is 1. The van der Waals surface area contributed by atoms with Crippen LogP contribution in [-0.2, 0) is 6.54 Å². The molecule has 0 bridgehead atoms. The standard InChI is InChI=1S/C19H30N2/c1-16-8-4-5-9-18(16)14-21-15-19(11-6-3-7-12-19)20-13-10-17(21)2/h4-5,8-9,17,20H,3,6-7,10-15H2,1-2H3. The molecular formula is C19H30N2. The average Bonchev–Trinajstić information content (AvgIpc) is 2.63. The van der Waals surface area contributed by atoms with Gasteiger partial charge in [-0.05, 0) is 50.8 Å². The molecule has 1 N–H and O–H groups in total. The number of hydrogen-bond acceptors (Lipinski definition) is 2. The normalized spacial score (nSPS) is 26.7. The van der Waals surface area contributed by atoms with E-state index in [1.165, 1.54) is 62.7 Å². The van der Waals surface area contributed by atoms with Crippen LogP contribution in [0.1, 0.15) is 56.6 Å². The second-order valence-corrected chi connectivity index (χ2v) is 7.24. The van der Waals surface area contributed by atoms with E-state index in [-0.39, 0.29) is 0 Å². The maximum atomic E-state index is 3.92. The minimum absolute atomic E-state index is 0.395. The highest BCUT2D eigenvalue weighted by atomic mass is 15.2. The first-order chi connectivity index (χ1) is 10.2. The molecule has 0 amide bonds. The van der Waals surface area contributed by atoms with Gasteiger partial charge in [-0.3, -0.25) is 4.90 Å². The van der Waals surface area contributed by atoms with E-state index in [0.717, 1.165) is 6.54 Å². The summed E-state index contributed by atoms with van der Waals surface area (Å²) in [6.07, 6.45) is 8.23. The van der Waals surface area contributed by atoms with Crippen LogP contribution in [0.15, 0.2) is 24.3 Å². The topological polar surface area (TPSA) is 15.3 Å². The van der Waals surface area contributed by atoms with Crippen LogP contribution in [0.25, 0.3) is 0 Å². The first-order valence-corrected chi connectivity index (χ1v) is 8.72. The fraction of sp³-hybridized carbons (Fsp3) is 0.684. The molecule has 1 aromatic carbocycles. The second-order valence-electron chi connectivity index (χ2n) is 7.24. The van der Waals surface area contributed by atoms with Crippen molar-refractivity contribution >= 4 is 0 Å². The monoisotopic (exact) mass is 286 g/mol. The van der Waals surface area contributed by atoms with Crippen molar-refractivity contribution in [1.82, 2.24) is 10.2 Å². The van der Waals surface area contributed by atoms with Crippen LogP contribution in [-0.4, -0.2) is 29.6 Å². The highest BCUT2D eigenvalue weighted by Crippen LogP contribution is 2.32. The summed E-state index contributed by atoms with van der Waals surface area (Å²) in [4.78, 5) is 2.73. The molecule has 0 aromatic heterocycles. The largest absolute Gasteiger partial charge is 0.310 e. The number of nitrogens with zero attached hydrogens (tertiary/aromatic N) is 1. The van der Waals surface area contributed by atoms with Gasteiger partial charge in [0.1, 0.15) is 0 Å². The minimum Gasteiger partial charge on any atom is -0.310 e. The Labute approximate surface area is 129 Å². The average molecular weight is 286 g/mol. The molecule has 1 aliphatic heterocycles. The summed E-state index contributed by atoms with van der Waals surface area (Å²) in [6.45, 7) is 8.17. The molecule has 116 valence electrons. The summed E-state index contributed by atoms with van der Waals surface area (Å²) < 4.78 is 0. The maximum absolute atomic E-state index is 3.92. The van der Waals surface area contributed by atoms with Crippen LogP contribution in [0, 0.1) is 6.92 Å². The highest BCUT2D eigenvalue weighted by molar-refractivity contribution is 5.25. The molecular weight excluding hydrogens is 256 g/mol. The van der Waals surface area contributed by atoms with Gasteiger partial charge >= 0.3 is 0 Å². The first kappa shape index (κ1) is 15.1. The van der Waals surface area contributed by atoms with Crippen LogP contribution < -0.4 is 5.32 Å². The lowest BCUT2D eigenvalue weighted by Crippen LogP contribution is -2.53. The SMILES string of the molecule is Cc1ccccc1CN1CC2(CCCCC2)NCCC1C. The van der Waals surface area contributed by atoms with E-state index in [2.05, 4.69) is 48.3 Å². The van der Waals surface area contributed by atoms with E-state index in [1.807, 2.05) is 0 Å². The molecule has 2 nitrogen and oxygen atoms in total. The van der Waals surface area contributed by atoms with Gasteiger partial charge < -0.3 is 5.32 Å². The maximum Gasteiger partial charge on any atom is 0.0309 e. The van der Waals surface area contributed by atoms with E-state index < -0.39 is 0 Å². The third-order valence-corrected chi connectivity index (χ3v) is 5.64. The molecule has 0 radical (unpaired) electrons. The second kappa shape index (κ2) is 6.50. The molecule has 2 heteroatoms. The van der Waals surface area contributed by atoms with Gasteiger partial charge in [0.25, 0.3) is 0 Å². The molecule has 1 atom stereocenters. The first-order valence-electron chi connectivity index (χ1n) is 8.72. The number of benzene rings is 1. The van der Waals surface area contributed by atoms with Crippen LogP contribution in [0.3, 0.4) is 0 Å². The van der Waals surface area contributed by atoms with Gasteiger partial charge in [-0.2, -0.15) is 0 Å². The number of nitrogens with one attached hydrogen (secondary N) is 1. The van der Waals surface area contributed by atoms with Crippen LogP contribution >= 0.6 is 0 Å². The van der Waals surface area contributed by atoms with Crippen molar-refractivity contribution in [2.75, 3.05) is 13.1 Å². The molecule has 1 unspecified atom stereocenters. The Balaban J connectivity index is 1.76. The summed E-state index contributed by atoms with van der Waals surface area (Å²) in [5.74, 6) is 0. The zero-order chi connectivity index (χ0) is 14.7. The Kier molecular flexibility index (Phi) is 4.66. The molecule has 21 heavy (non-hydrogen) atoms. The Morgan fingerprint density at radius 2 is 1.95 bits per heavy atom. The van der Waals surface area contributed by atoms with Crippen molar-refractivity contribution in [2.24, 2.45) is 0 Å². The van der Waals surface area contributed by atoms with Gasteiger partial charge in [0, 0.05) is 24.7 Å². The molecule has 1 aromatic rings. The summed E-state index contributed by atoms with van der Waals surface area (Å²) in [7, 11) is 0. The smallest absolute Gasteiger partial charge is 0.0309 e. The van der Waals surface area contributed by atoms with Crippen molar-refractivity contribution < 1.29 is 0 Å². The molecule has 2 fully saturated rings. The fourth-order valence-corrected chi connectivity index (χ4v) is 4.11. The summed E-state index contributed by atoms with van der Waals surface area (Å²) in [5, 5.41) is 3.92. The summed E-state index contributed by atoms with van der Waals surface area (Å²) >= 11 is 0. The van der Waals surface area contributed by atoms with Crippen molar-refractivity contribution in [3.63, 3.8) is 0 Å². The zero-order valence-electron chi connectivity index (χ0n) is 13.7. The Bertz CT molecular complexity index is 462. The van der Waals surface area contributed by atoms with Gasteiger partial charge in [-0.25, -0.2) is 0 Å². The number of rotatable bonds is 2. The molecule has 1 saturated carbocycles. The Morgan fingerprint density at radius 1 is 1.19 bits per heavy atom. The third-order valence-electron chi connectivity index (χ3n) is 5.64. The zero-order valence-corrected chi connectivity index (χ0v) is 13.7. The quantitative estimate of drug-likeness (QED) is 0.887. The number of aryl methyl sites for hydroxylation is 1. The third kappa shape index (κ3) is 3.49. The minimum atomic E-state index is 0.395. The van der Waals surface area contributed by atoms with E-state index >= 15 is 0 Å². The van der Waals surface area contributed by atoms with Crippen molar-refractivity contribution in [2.45, 2.75) is 70.5 Å². The lowest BCUT2D eigenvalue weighted by molar-refractivity contribution is 0.131. The van der Waals surface area contributed by atoms with Gasteiger partial charge in [-0.1, -0.05) is 43.5 Å². The summed E-state index contributed by atoms with van der Waals surface area (Å²) in [5.41, 5.74) is 3.32. The lowest BCUT2D eigenvalue weighted by atomic mass is 9.81. The lowest BCUT2D eigenvalue weighted by Gasteiger charge is -2.41. The van der Waals surface area contributed by atoms with Gasteiger partial charge in [-0.15, -0.1) is 0 Å². The summed E-state index contributed by atoms with van der Waals surface area (Å²) in [6, 6.07) is 9.55. The molecule has 1 heterocycles. The Morgan fingerprint density at radius 3 is 2.71 bits per heavy atom. The van der Waals surface area contributed by atoms with E-state index in [9.17, 15) is 0 Å². The van der Waals surface area contributed by atoms with Crippen molar-refractivity contribution in [3.8, 4) is 0 Å². The van der Waals surface area contributed by atoms with E-state index in [0.29, 0.717) is 11.6 Å². The van der Waals surface area contributed by atoms with Crippen LogP contribution in [0.5, 0.6) is 0 Å². The predicted octanol–water partition coefficient (Wildman–Crippen LogP) is 3.88. The van der Waals surface area contributed by atoms with E-state index in [1.54, 1.807) is 0 Å².